The van der Waals surface area contributed by atoms with Crippen molar-refractivity contribution in [1.82, 2.24) is 9.55 Å². The molecule has 1 amide bonds. The van der Waals surface area contributed by atoms with Crippen molar-refractivity contribution in [2.24, 2.45) is 23.2 Å². The van der Waals surface area contributed by atoms with Crippen molar-refractivity contribution in [2.75, 3.05) is 17.7 Å². The van der Waals surface area contributed by atoms with Gasteiger partial charge in [0.15, 0.2) is 5.69 Å². The number of nitrogens with two attached hydrogens (primary N) is 1. The van der Waals surface area contributed by atoms with Crippen LogP contribution in [0.25, 0.3) is 0 Å². The van der Waals surface area contributed by atoms with Gasteiger partial charge < -0.3 is 10.6 Å². The van der Waals surface area contributed by atoms with Crippen molar-refractivity contribution in [3.63, 3.8) is 0 Å². The van der Waals surface area contributed by atoms with Gasteiger partial charge in [-0.15, -0.1) is 0 Å². The summed E-state index contributed by atoms with van der Waals surface area (Å²) in [4.78, 5) is 41.5. The molecule has 4 aliphatic carbocycles. The maximum absolute atomic E-state index is 13.2. The van der Waals surface area contributed by atoms with Crippen LogP contribution < -0.4 is 21.9 Å². The number of H-pyrrole nitrogens is 1. The average molecular weight is 389 g/mol. The molecule has 4 bridgehead atoms. The fourth-order valence-electron chi connectivity index (χ4n) is 6.51. The van der Waals surface area contributed by atoms with Crippen LogP contribution in [0.4, 0.5) is 11.5 Å². The van der Waals surface area contributed by atoms with Gasteiger partial charge in [0.25, 0.3) is 5.56 Å². The second-order valence-electron chi connectivity index (χ2n) is 9.55. The number of hydrogen-bond donors (Lipinski definition) is 2. The lowest BCUT2D eigenvalue weighted by atomic mass is 9.49. The monoisotopic (exact) mass is 388 g/mol. The van der Waals surface area contributed by atoms with Crippen molar-refractivity contribution >= 4 is 17.4 Å². The third-order valence-corrected chi connectivity index (χ3v) is 7.35. The lowest BCUT2D eigenvalue weighted by Crippen LogP contribution is -2.48. The second kappa shape index (κ2) is 7.08. The van der Waals surface area contributed by atoms with E-state index in [-0.39, 0.29) is 22.8 Å². The van der Waals surface area contributed by atoms with E-state index in [2.05, 4.69) is 4.98 Å². The number of hydrogen-bond acceptors (Lipinski definition) is 4. The van der Waals surface area contributed by atoms with Gasteiger partial charge in [0.05, 0.1) is 0 Å². The number of anilines is 2. The van der Waals surface area contributed by atoms with Gasteiger partial charge in [-0.05, 0) is 68.1 Å². The molecule has 3 N–H and O–H groups in total. The van der Waals surface area contributed by atoms with Gasteiger partial charge >= 0.3 is 5.69 Å². The molecular weight excluding hydrogens is 356 g/mol. The molecule has 28 heavy (non-hydrogen) atoms. The van der Waals surface area contributed by atoms with Gasteiger partial charge in [-0.25, -0.2) is 4.79 Å². The molecule has 0 aromatic carbocycles. The standard InChI is InChI=1S/C21H32N4O3/c1-3-4-5-25-18(22)17(19(27)23-20(25)28)24(2)16(26)12-21-9-13-6-14(10-21)8-15(7-13)11-21/h13-15H,3-12,22H2,1-2H3,(H,23,27,28). The van der Waals surface area contributed by atoms with Crippen LogP contribution in [0, 0.1) is 23.2 Å². The molecule has 7 heteroatoms. The van der Waals surface area contributed by atoms with E-state index in [1.807, 2.05) is 6.92 Å². The predicted molar refractivity (Wildman–Crippen MR) is 109 cm³/mol. The molecule has 1 aromatic rings. The van der Waals surface area contributed by atoms with Gasteiger partial charge in [0.1, 0.15) is 5.82 Å². The Morgan fingerprint density at radius 3 is 2.29 bits per heavy atom. The smallest absolute Gasteiger partial charge is 0.330 e. The lowest BCUT2D eigenvalue weighted by Gasteiger charge is -2.56. The molecular formula is C21H32N4O3. The highest BCUT2D eigenvalue weighted by Crippen LogP contribution is 2.61. The summed E-state index contributed by atoms with van der Waals surface area (Å²) in [5, 5.41) is 0. The van der Waals surface area contributed by atoms with Crippen LogP contribution in [0.5, 0.6) is 0 Å². The molecule has 154 valence electrons. The summed E-state index contributed by atoms with van der Waals surface area (Å²) in [6.07, 6.45) is 9.57. The topological polar surface area (TPSA) is 101 Å². The summed E-state index contributed by atoms with van der Waals surface area (Å²) in [7, 11) is 1.61. The minimum atomic E-state index is -0.586. The number of amides is 1. The van der Waals surface area contributed by atoms with E-state index in [0.29, 0.717) is 13.0 Å². The summed E-state index contributed by atoms with van der Waals surface area (Å²) in [6, 6.07) is 0. The molecule has 1 aromatic heterocycles. The maximum atomic E-state index is 13.2. The number of carbonyl (C=O) groups excluding carboxylic acids is 1. The van der Waals surface area contributed by atoms with E-state index in [9.17, 15) is 14.4 Å². The summed E-state index contributed by atoms with van der Waals surface area (Å²) in [5.74, 6) is 2.33. The highest BCUT2D eigenvalue weighted by atomic mass is 16.2. The minimum Gasteiger partial charge on any atom is -0.383 e. The molecule has 0 spiro atoms. The van der Waals surface area contributed by atoms with Crippen LogP contribution >= 0.6 is 0 Å². The van der Waals surface area contributed by atoms with Gasteiger partial charge in [0, 0.05) is 20.0 Å². The Balaban J connectivity index is 1.58. The van der Waals surface area contributed by atoms with Crippen molar-refractivity contribution in [2.45, 2.75) is 71.3 Å². The minimum absolute atomic E-state index is 0.0696. The zero-order valence-electron chi connectivity index (χ0n) is 17.0. The van der Waals surface area contributed by atoms with Crippen LogP contribution in [0.1, 0.15) is 64.7 Å². The Hall–Kier alpha value is -2.05. The van der Waals surface area contributed by atoms with Gasteiger partial charge in [-0.3, -0.25) is 19.1 Å². The van der Waals surface area contributed by atoms with E-state index in [1.165, 1.54) is 28.7 Å². The van der Waals surface area contributed by atoms with Crippen LogP contribution in [-0.4, -0.2) is 22.5 Å². The Morgan fingerprint density at radius 2 is 1.75 bits per heavy atom. The second-order valence-corrected chi connectivity index (χ2v) is 9.55. The molecule has 4 aliphatic rings. The van der Waals surface area contributed by atoms with Crippen molar-refractivity contribution in [3.8, 4) is 0 Å². The molecule has 7 nitrogen and oxygen atoms in total. The van der Waals surface area contributed by atoms with Crippen molar-refractivity contribution < 1.29 is 4.79 Å². The molecule has 0 unspecified atom stereocenters. The number of nitrogens with zero attached hydrogens (tertiary/aromatic N) is 2. The van der Waals surface area contributed by atoms with Crippen LogP contribution in [0.3, 0.4) is 0 Å². The Kier molecular flexibility index (Phi) is 4.88. The Bertz CT molecular complexity index is 849. The molecule has 0 radical (unpaired) electrons. The summed E-state index contributed by atoms with van der Waals surface area (Å²) in [6.45, 7) is 2.46. The number of unbranched alkanes of at least 4 members (excludes halogenated alkanes) is 1. The molecule has 5 rings (SSSR count). The lowest BCUT2D eigenvalue weighted by molar-refractivity contribution is -0.126. The molecule has 0 saturated heterocycles. The molecule has 0 atom stereocenters. The number of aromatic nitrogens is 2. The molecule has 4 fully saturated rings. The van der Waals surface area contributed by atoms with Gasteiger partial charge in [0.2, 0.25) is 5.91 Å². The first-order valence-electron chi connectivity index (χ1n) is 10.7. The zero-order chi connectivity index (χ0) is 20.1. The predicted octanol–water partition coefficient (Wildman–Crippen LogP) is 2.49. The molecule has 0 aliphatic heterocycles. The first-order chi connectivity index (χ1) is 13.3. The summed E-state index contributed by atoms with van der Waals surface area (Å²) >= 11 is 0. The van der Waals surface area contributed by atoms with Crippen molar-refractivity contribution in [1.29, 1.82) is 0 Å². The van der Waals surface area contributed by atoms with Crippen LogP contribution in [0.15, 0.2) is 9.59 Å². The third kappa shape index (κ3) is 3.29. The normalized spacial score (nSPS) is 30.6. The number of aromatic amines is 1. The number of nitrogens with one attached hydrogen (secondary N) is 1. The summed E-state index contributed by atoms with van der Waals surface area (Å²) in [5.41, 5.74) is 5.27. The zero-order valence-corrected chi connectivity index (χ0v) is 17.0. The highest BCUT2D eigenvalue weighted by molar-refractivity contribution is 5.95. The van der Waals surface area contributed by atoms with Crippen LogP contribution in [-0.2, 0) is 11.3 Å². The fraction of sp³-hybridized carbons (Fsp3) is 0.762. The number of nitrogen functional groups attached to an aromatic ring is 1. The first-order valence-corrected chi connectivity index (χ1v) is 10.7. The van der Waals surface area contributed by atoms with E-state index >= 15 is 0 Å². The largest absolute Gasteiger partial charge is 0.383 e. The van der Waals surface area contributed by atoms with E-state index < -0.39 is 11.2 Å². The van der Waals surface area contributed by atoms with Crippen LogP contribution in [0.2, 0.25) is 0 Å². The maximum Gasteiger partial charge on any atom is 0.330 e. The average Bonchev–Trinajstić information content (AvgIpc) is 2.59. The Morgan fingerprint density at radius 1 is 1.18 bits per heavy atom. The number of rotatable bonds is 6. The first kappa shape index (κ1) is 19.3. The number of carbonyl (C=O) groups is 1. The van der Waals surface area contributed by atoms with E-state index in [0.717, 1.165) is 49.9 Å². The quantitative estimate of drug-likeness (QED) is 0.782. The fourth-order valence-corrected chi connectivity index (χ4v) is 6.51. The van der Waals surface area contributed by atoms with Gasteiger partial charge in [-0.2, -0.15) is 0 Å². The van der Waals surface area contributed by atoms with Gasteiger partial charge in [-0.1, -0.05) is 13.3 Å². The Labute approximate surface area is 165 Å². The summed E-state index contributed by atoms with van der Waals surface area (Å²) < 4.78 is 1.37. The third-order valence-electron chi connectivity index (χ3n) is 7.35. The molecule has 1 heterocycles. The van der Waals surface area contributed by atoms with Crippen molar-refractivity contribution in [3.05, 3.63) is 20.8 Å². The van der Waals surface area contributed by atoms with E-state index in [1.54, 1.807) is 7.05 Å². The SMILES string of the molecule is CCCCn1c(N)c(N(C)C(=O)CC23CC4CC(CC(C4)C2)C3)c(=O)[nH]c1=O. The highest BCUT2D eigenvalue weighted by Gasteiger charge is 2.51. The van der Waals surface area contributed by atoms with E-state index in [4.69, 9.17) is 5.73 Å². The molecule has 4 saturated carbocycles.